The van der Waals surface area contributed by atoms with E-state index in [1.165, 1.54) is 212 Å². The molecule has 0 amide bonds. The molecule has 0 rings (SSSR count). The third-order valence-corrected chi connectivity index (χ3v) is 12.9. The van der Waals surface area contributed by atoms with E-state index in [9.17, 15) is 14.4 Å². The molecule has 0 aromatic heterocycles. The van der Waals surface area contributed by atoms with Crippen molar-refractivity contribution in [3.8, 4) is 0 Å². The van der Waals surface area contributed by atoms with E-state index in [1.54, 1.807) is 0 Å². The van der Waals surface area contributed by atoms with Crippen LogP contribution in [0, 0.1) is 0 Å². The van der Waals surface area contributed by atoms with Gasteiger partial charge in [0.05, 0.1) is 0 Å². The van der Waals surface area contributed by atoms with Crippen molar-refractivity contribution in [1.82, 2.24) is 0 Å². The molecule has 65 heavy (non-hydrogen) atoms. The molecule has 0 aromatic rings. The van der Waals surface area contributed by atoms with Crippen molar-refractivity contribution >= 4 is 17.9 Å². The predicted molar refractivity (Wildman–Crippen MR) is 279 cm³/mol. The highest BCUT2D eigenvalue weighted by molar-refractivity contribution is 5.71. The minimum Gasteiger partial charge on any atom is -0.462 e. The van der Waals surface area contributed by atoms with E-state index in [0.717, 1.165) is 64.2 Å². The summed E-state index contributed by atoms with van der Waals surface area (Å²) in [5.41, 5.74) is 0. The zero-order valence-corrected chi connectivity index (χ0v) is 43.8. The summed E-state index contributed by atoms with van der Waals surface area (Å²) in [7, 11) is 0. The lowest BCUT2D eigenvalue weighted by Gasteiger charge is -2.18. The molecule has 382 valence electrons. The molecular formula is C59H110O6. The summed E-state index contributed by atoms with van der Waals surface area (Å²) < 4.78 is 16.8. The van der Waals surface area contributed by atoms with Gasteiger partial charge in [0.15, 0.2) is 6.10 Å². The summed E-state index contributed by atoms with van der Waals surface area (Å²) >= 11 is 0. The minimum atomic E-state index is -0.770. The second kappa shape index (κ2) is 54.5. The first-order chi connectivity index (χ1) is 32.0. The van der Waals surface area contributed by atoms with Crippen LogP contribution in [0.25, 0.3) is 0 Å². The first-order valence-electron chi connectivity index (χ1n) is 28.8. The molecule has 0 aliphatic heterocycles. The highest BCUT2D eigenvalue weighted by atomic mass is 16.6. The molecule has 0 N–H and O–H groups in total. The molecule has 0 spiro atoms. The Bertz CT molecular complexity index is 1050. The molecule has 0 fully saturated rings. The summed E-state index contributed by atoms with van der Waals surface area (Å²) in [4.78, 5) is 37.9. The van der Waals surface area contributed by atoms with Gasteiger partial charge in [-0.1, -0.05) is 251 Å². The first-order valence-corrected chi connectivity index (χ1v) is 28.8. The number of unbranched alkanes of at least 4 members (excludes halogenated alkanes) is 38. The van der Waals surface area contributed by atoms with Gasteiger partial charge < -0.3 is 14.2 Å². The number of esters is 3. The number of hydrogen-bond acceptors (Lipinski definition) is 6. The van der Waals surface area contributed by atoms with Crippen molar-refractivity contribution < 1.29 is 28.6 Å². The Morgan fingerprint density at radius 2 is 0.508 bits per heavy atom. The molecule has 0 bridgehead atoms. The maximum absolute atomic E-state index is 12.8. The normalized spacial score (nSPS) is 12.1. The Labute approximate surface area is 404 Å². The van der Waals surface area contributed by atoms with Crippen molar-refractivity contribution in [2.45, 2.75) is 322 Å². The predicted octanol–water partition coefficient (Wildman–Crippen LogP) is 19.1. The van der Waals surface area contributed by atoms with Gasteiger partial charge in [-0.05, 0) is 70.6 Å². The average Bonchev–Trinajstić information content (AvgIpc) is 3.30. The van der Waals surface area contributed by atoms with Gasteiger partial charge >= 0.3 is 17.9 Å². The Balaban J connectivity index is 4.12. The average molecular weight is 916 g/mol. The van der Waals surface area contributed by atoms with Crippen molar-refractivity contribution in [3.05, 3.63) is 24.3 Å². The molecule has 0 heterocycles. The number of ether oxygens (including phenoxy) is 3. The van der Waals surface area contributed by atoms with E-state index in [0.29, 0.717) is 19.3 Å². The van der Waals surface area contributed by atoms with Gasteiger partial charge in [-0.25, -0.2) is 0 Å². The second-order valence-corrected chi connectivity index (χ2v) is 19.6. The Hall–Kier alpha value is -2.11. The zero-order chi connectivity index (χ0) is 47.2. The van der Waals surface area contributed by atoms with Gasteiger partial charge in [-0.15, -0.1) is 0 Å². The van der Waals surface area contributed by atoms with Crippen LogP contribution in [0.1, 0.15) is 316 Å². The van der Waals surface area contributed by atoms with Crippen LogP contribution < -0.4 is 0 Å². The number of hydrogen-bond donors (Lipinski definition) is 0. The van der Waals surface area contributed by atoms with Gasteiger partial charge in [0.1, 0.15) is 13.2 Å². The molecule has 0 aromatic carbocycles. The second-order valence-electron chi connectivity index (χ2n) is 19.6. The van der Waals surface area contributed by atoms with E-state index >= 15 is 0 Å². The van der Waals surface area contributed by atoms with E-state index < -0.39 is 6.10 Å². The van der Waals surface area contributed by atoms with E-state index in [1.807, 2.05) is 0 Å². The molecule has 6 heteroatoms. The van der Waals surface area contributed by atoms with Gasteiger partial charge in [-0.3, -0.25) is 14.4 Å². The highest BCUT2D eigenvalue weighted by Crippen LogP contribution is 2.16. The molecule has 1 atom stereocenters. The molecule has 0 radical (unpaired) electrons. The quantitative estimate of drug-likeness (QED) is 0.0262. The maximum atomic E-state index is 12.8. The van der Waals surface area contributed by atoms with Crippen molar-refractivity contribution in [3.63, 3.8) is 0 Å². The van der Waals surface area contributed by atoms with Crippen molar-refractivity contribution in [1.29, 1.82) is 0 Å². The van der Waals surface area contributed by atoms with Gasteiger partial charge in [0.25, 0.3) is 0 Å². The molecule has 0 saturated carbocycles. The summed E-state index contributed by atoms with van der Waals surface area (Å²) in [6.45, 7) is 6.63. The number of carbonyl (C=O) groups is 3. The molecular weight excluding hydrogens is 805 g/mol. The Morgan fingerprint density at radius 1 is 0.292 bits per heavy atom. The first kappa shape index (κ1) is 62.9. The van der Waals surface area contributed by atoms with Crippen LogP contribution in [-0.2, 0) is 28.6 Å². The van der Waals surface area contributed by atoms with E-state index in [2.05, 4.69) is 45.1 Å². The Kier molecular flexibility index (Phi) is 52.7. The topological polar surface area (TPSA) is 78.9 Å². The summed E-state index contributed by atoms with van der Waals surface area (Å²) in [6.07, 6.45) is 63.4. The van der Waals surface area contributed by atoms with E-state index in [-0.39, 0.29) is 31.1 Å². The van der Waals surface area contributed by atoms with Crippen LogP contribution >= 0.6 is 0 Å². The third-order valence-electron chi connectivity index (χ3n) is 12.9. The fourth-order valence-corrected chi connectivity index (χ4v) is 8.55. The molecule has 0 aliphatic carbocycles. The molecule has 0 saturated heterocycles. The highest BCUT2D eigenvalue weighted by Gasteiger charge is 2.19. The van der Waals surface area contributed by atoms with Crippen LogP contribution in [-0.4, -0.2) is 37.2 Å². The van der Waals surface area contributed by atoms with Crippen LogP contribution in [0.3, 0.4) is 0 Å². The van der Waals surface area contributed by atoms with Gasteiger partial charge in [-0.2, -0.15) is 0 Å². The smallest absolute Gasteiger partial charge is 0.306 e. The fraction of sp³-hybridized carbons (Fsp3) is 0.881. The SMILES string of the molecule is CCCCCCC/C=C\CCCCCCCC(=O)OC(COC(=O)CCCCCCCCCC)COC(=O)CCCCCCCCCCCCCCC/C=C\CCCCCCCCCC. The minimum absolute atomic E-state index is 0.0708. The van der Waals surface area contributed by atoms with Crippen LogP contribution in [0.2, 0.25) is 0 Å². The van der Waals surface area contributed by atoms with Gasteiger partial charge in [0.2, 0.25) is 0 Å². The molecule has 6 nitrogen and oxygen atoms in total. The van der Waals surface area contributed by atoms with E-state index in [4.69, 9.17) is 14.2 Å². The lowest BCUT2D eigenvalue weighted by molar-refractivity contribution is -0.167. The van der Waals surface area contributed by atoms with Crippen LogP contribution in [0.15, 0.2) is 24.3 Å². The summed E-state index contributed by atoms with van der Waals surface area (Å²) in [5, 5.41) is 0. The molecule has 1 unspecified atom stereocenters. The largest absolute Gasteiger partial charge is 0.462 e. The van der Waals surface area contributed by atoms with Crippen molar-refractivity contribution in [2.24, 2.45) is 0 Å². The maximum Gasteiger partial charge on any atom is 0.306 e. The Morgan fingerprint density at radius 3 is 0.769 bits per heavy atom. The standard InChI is InChI=1S/C59H110O6/c1-4-7-10-13-16-19-21-23-25-26-27-28-29-30-31-32-33-34-35-37-38-40-43-46-49-52-58(61)64-55-56(54-63-57(60)51-48-45-42-18-15-12-9-6-3)65-59(62)53-50-47-44-41-39-36-24-22-20-17-14-11-8-5-2/h22,24,26-27,56H,4-21,23,25,28-55H2,1-3H3/b24-22-,27-26-. The zero-order valence-electron chi connectivity index (χ0n) is 43.8. The van der Waals surface area contributed by atoms with Crippen LogP contribution in [0.4, 0.5) is 0 Å². The number of rotatable bonds is 53. The molecule has 0 aliphatic rings. The summed E-state index contributed by atoms with van der Waals surface area (Å²) in [5.74, 6) is -0.868. The third kappa shape index (κ3) is 52.7. The van der Waals surface area contributed by atoms with Gasteiger partial charge in [0, 0.05) is 19.3 Å². The fourth-order valence-electron chi connectivity index (χ4n) is 8.55. The monoisotopic (exact) mass is 915 g/mol. The lowest BCUT2D eigenvalue weighted by atomic mass is 10.0. The van der Waals surface area contributed by atoms with Crippen LogP contribution in [0.5, 0.6) is 0 Å². The summed E-state index contributed by atoms with van der Waals surface area (Å²) in [6, 6.07) is 0. The lowest BCUT2D eigenvalue weighted by Crippen LogP contribution is -2.30. The number of allylic oxidation sites excluding steroid dienone is 4. The van der Waals surface area contributed by atoms with Crippen molar-refractivity contribution in [2.75, 3.05) is 13.2 Å². The number of carbonyl (C=O) groups excluding carboxylic acids is 3.